The molecule has 1 saturated carbocycles. The predicted octanol–water partition coefficient (Wildman–Crippen LogP) is 0.274. The summed E-state index contributed by atoms with van der Waals surface area (Å²) < 4.78 is 28.5. The molecule has 0 aromatic rings. The fourth-order valence-corrected chi connectivity index (χ4v) is 3.26. The third kappa shape index (κ3) is 4.73. The first kappa shape index (κ1) is 13.8. The SMILES string of the molecule is CC(C)(C)NS(=O)(=O)NC(C(N)=S)C1CC1. The van der Waals surface area contributed by atoms with Gasteiger partial charge in [-0.2, -0.15) is 17.9 Å². The quantitative estimate of drug-likeness (QED) is 0.623. The molecule has 0 aromatic heterocycles. The average molecular weight is 265 g/mol. The van der Waals surface area contributed by atoms with Crippen LogP contribution in [0.4, 0.5) is 0 Å². The average Bonchev–Trinajstić information content (AvgIpc) is 2.76. The van der Waals surface area contributed by atoms with E-state index < -0.39 is 21.8 Å². The minimum atomic E-state index is -3.56. The van der Waals surface area contributed by atoms with Gasteiger partial charge in [-0.05, 0) is 39.5 Å². The van der Waals surface area contributed by atoms with Crippen LogP contribution in [0.3, 0.4) is 0 Å². The summed E-state index contributed by atoms with van der Waals surface area (Å²) in [5.41, 5.74) is 5.01. The van der Waals surface area contributed by atoms with Crippen molar-refractivity contribution in [3.63, 3.8) is 0 Å². The van der Waals surface area contributed by atoms with Crippen molar-refractivity contribution in [2.24, 2.45) is 11.7 Å². The van der Waals surface area contributed by atoms with E-state index in [0.717, 1.165) is 12.8 Å². The Kier molecular flexibility index (Phi) is 3.94. The van der Waals surface area contributed by atoms with Crippen molar-refractivity contribution in [3.05, 3.63) is 0 Å². The molecular weight excluding hydrogens is 246 g/mol. The van der Waals surface area contributed by atoms with Crippen LogP contribution in [-0.4, -0.2) is 25.0 Å². The Morgan fingerprint density at radius 3 is 2.25 bits per heavy atom. The summed E-state index contributed by atoms with van der Waals surface area (Å²) in [5, 5.41) is 0. The molecule has 0 aromatic carbocycles. The third-order valence-corrected chi connectivity index (χ3v) is 3.82. The van der Waals surface area contributed by atoms with E-state index in [2.05, 4.69) is 9.44 Å². The molecule has 1 aliphatic carbocycles. The molecule has 1 aliphatic rings. The van der Waals surface area contributed by atoms with Crippen LogP contribution in [0, 0.1) is 5.92 Å². The van der Waals surface area contributed by atoms with E-state index in [1.165, 1.54) is 0 Å². The van der Waals surface area contributed by atoms with Gasteiger partial charge in [-0.25, -0.2) is 0 Å². The third-order valence-electron chi connectivity index (χ3n) is 2.12. The predicted molar refractivity (Wildman–Crippen MR) is 68.2 cm³/mol. The second kappa shape index (κ2) is 4.56. The van der Waals surface area contributed by atoms with Crippen LogP contribution in [0.15, 0.2) is 0 Å². The molecule has 16 heavy (non-hydrogen) atoms. The van der Waals surface area contributed by atoms with Crippen LogP contribution in [-0.2, 0) is 10.2 Å². The highest BCUT2D eigenvalue weighted by Crippen LogP contribution is 2.33. The molecule has 94 valence electrons. The fourth-order valence-electron chi connectivity index (χ4n) is 1.42. The zero-order valence-electron chi connectivity index (χ0n) is 9.78. The highest BCUT2D eigenvalue weighted by Gasteiger charge is 2.36. The fraction of sp³-hybridized carbons (Fsp3) is 0.889. The maximum atomic E-state index is 11.8. The minimum Gasteiger partial charge on any atom is -0.392 e. The van der Waals surface area contributed by atoms with Gasteiger partial charge in [-0.3, -0.25) is 0 Å². The molecule has 0 saturated heterocycles. The van der Waals surface area contributed by atoms with Gasteiger partial charge in [0.25, 0.3) is 10.2 Å². The lowest BCUT2D eigenvalue weighted by atomic mass is 10.1. The van der Waals surface area contributed by atoms with Gasteiger partial charge in [-0.15, -0.1) is 0 Å². The first-order valence-corrected chi connectivity index (χ1v) is 7.10. The molecule has 0 radical (unpaired) electrons. The lowest BCUT2D eigenvalue weighted by Crippen LogP contribution is -2.53. The van der Waals surface area contributed by atoms with Crippen LogP contribution in [0.1, 0.15) is 33.6 Å². The van der Waals surface area contributed by atoms with Crippen molar-refractivity contribution >= 4 is 27.4 Å². The van der Waals surface area contributed by atoms with E-state index >= 15 is 0 Å². The molecular formula is C9H19N3O2S2. The number of rotatable bonds is 5. The lowest BCUT2D eigenvalue weighted by molar-refractivity contribution is 0.478. The van der Waals surface area contributed by atoms with Crippen molar-refractivity contribution in [3.8, 4) is 0 Å². The Labute approximate surface area is 102 Å². The Hall–Kier alpha value is -0.240. The molecule has 0 bridgehead atoms. The van der Waals surface area contributed by atoms with Gasteiger partial charge in [0, 0.05) is 5.54 Å². The molecule has 1 fully saturated rings. The summed E-state index contributed by atoms with van der Waals surface area (Å²) in [5.74, 6) is 0.258. The molecule has 0 spiro atoms. The van der Waals surface area contributed by atoms with Crippen LogP contribution in [0.25, 0.3) is 0 Å². The highest BCUT2D eigenvalue weighted by molar-refractivity contribution is 7.87. The molecule has 7 heteroatoms. The molecule has 1 atom stereocenters. The standard InChI is InChI=1S/C9H19N3O2S2/c1-9(2,3)12-16(13,14)11-7(8(10)15)6-4-5-6/h6-7,11-12H,4-5H2,1-3H3,(H2,10,15). The molecule has 0 heterocycles. The van der Waals surface area contributed by atoms with Gasteiger partial charge in [-0.1, -0.05) is 12.2 Å². The molecule has 1 rings (SSSR count). The first-order chi connectivity index (χ1) is 7.11. The van der Waals surface area contributed by atoms with E-state index in [-0.39, 0.29) is 10.9 Å². The Morgan fingerprint density at radius 2 is 1.94 bits per heavy atom. The summed E-state index contributed by atoms with van der Waals surface area (Å²) in [6, 6.07) is -0.421. The Balaban J connectivity index is 2.66. The topological polar surface area (TPSA) is 84.2 Å². The summed E-state index contributed by atoms with van der Waals surface area (Å²) in [6.07, 6.45) is 1.94. The highest BCUT2D eigenvalue weighted by atomic mass is 32.2. The van der Waals surface area contributed by atoms with Gasteiger partial charge in [0.1, 0.15) is 0 Å². The van der Waals surface area contributed by atoms with Crippen molar-refractivity contribution in [2.45, 2.75) is 45.2 Å². The Bertz CT molecular complexity index is 369. The van der Waals surface area contributed by atoms with Crippen molar-refractivity contribution in [2.75, 3.05) is 0 Å². The number of hydrogen-bond acceptors (Lipinski definition) is 3. The first-order valence-electron chi connectivity index (χ1n) is 5.21. The monoisotopic (exact) mass is 265 g/mol. The zero-order chi connectivity index (χ0) is 12.6. The van der Waals surface area contributed by atoms with E-state index in [1.807, 2.05) is 0 Å². The maximum absolute atomic E-state index is 11.8. The van der Waals surface area contributed by atoms with Gasteiger partial charge < -0.3 is 5.73 Å². The van der Waals surface area contributed by atoms with E-state index in [4.69, 9.17) is 18.0 Å². The molecule has 5 nitrogen and oxygen atoms in total. The summed E-state index contributed by atoms with van der Waals surface area (Å²) >= 11 is 4.87. The lowest BCUT2D eigenvalue weighted by Gasteiger charge is -2.23. The van der Waals surface area contributed by atoms with Crippen LogP contribution >= 0.6 is 12.2 Å². The molecule has 0 aliphatic heterocycles. The van der Waals surface area contributed by atoms with Gasteiger partial charge in [0.15, 0.2) is 0 Å². The van der Waals surface area contributed by atoms with Gasteiger partial charge in [0.2, 0.25) is 0 Å². The normalized spacial score (nSPS) is 19.4. The number of nitrogens with one attached hydrogen (secondary N) is 2. The van der Waals surface area contributed by atoms with Crippen LogP contribution < -0.4 is 15.2 Å². The minimum absolute atomic E-state index is 0.210. The molecule has 4 N–H and O–H groups in total. The summed E-state index contributed by atoms with van der Waals surface area (Å²) in [4.78, 5) is 0.210. The number of thiocarbonyl (C=S) groups is 1. The van der Waals surface area contributed by atoms with Crippen LogP contribution in [0.2, 0.25) is 0 Å². The van der Waals surface area contributed by atoms with Crippen molar-refractivity contribution < 1.29 is 8.42 Å². The van der Waals surface area contributed by atoms with Crippen LogP contribution in [0.5, 0.6) is 0 Å². The second-order valence-electron chi connectivity index (χ2n) is 5.19. The largest absolute Gasteiger partial charge is 0.392 e. The zero-order valence-corrected chi connectivity index (χ0v) is 11.4. The second-order valence-corrected chi connectivity index (χ2v) is 7.11. The molecule has 0 amide bonds. The van der Waals surface area contributed by atoms with E-state index in [0.29, 0.717) is 0 Å². The van der Waals surface area contributed by atoms with Gasteiger partial charge >= 0.3 is 0 Å². The smallest absolute Gasteiger partial charge is 0.278 e. The van der Waals surface area contributed by atoms with Crippen molar-refractivity contribution in [1.82, 2.24) is 9.44 Å². The Morgan fingerprint density at radius 1 is 1.44 bits per heavy atom. The molecule has 1 unspecified atom stereocenters. The summed E-state index contributed by atoms with van der Waals surface area (Å²) in [7, 11) is -3.56. The summed E-state index contributed by atoms with van der Waals surface area (Å²) in [6.45, 7) is 5.33. The number of nitrogens with two attached hydrogens (primary N) is 1. The maximum Gasteiger partial charge on any atom is 0.278 e. The number of hydrogen-bond donors (Lipinski definition) is 3. The van der Waals surface area contributed by atoms with E-state index in [1.54, 1.807) is 20.8 Å². The van der Waals surface area contributed by atoms with Crippen molar-refractivity contribution in [1.29, 1.82) is 0 Å². The van der Waals surface area contributed by atoms with Gasteiger partial charge in [0.05, 0.1) is 11.0 Å². The van der Waals surface area contributed by atoms with E-state index in [9.17, 15) is 8.42 Å².